The molecular weight excluding hydrogens is 370 g/mol. The van der Waals surface area contributed by atoms with Gasteiger partial charge in [-0.25, -0.2) is 4.79 Å². The minimum Gasteiger partial charge on any atom is -0.465 e. The quantitative estimate of drug-likeness (QED) is 0.414. The standard InChI is InChI=1S/C23H23NO3S/c1-15(18-8-6-5-7-9-18)24-16(2)21(23(26)27-3)20(22(24)25)14-17-10-12-19(28-4)13-11-17/h5-15H,1-4H3/b20-14-/t15-/m0/s1. The van der Waals surface area contributed by atoms with Crippen molar-refractivity contribution in [1.29, 1.82) is 0 Å². The van der Waals surface area contributed by atoms with Crippen LogP contribution in [-0.2, 0) is 14.3 Å². The molecule has 28 heavy (non-hydrogen) atoms. The van der Waals surface area contributed by atoms with E-state index in [0.717, 1.165) is 16.0 Å². The number of carbonyl (C=O) groups excluding carboxylic acids is 2. The van der Waals surface area contributed by atoms with Crippen LogP contribution < -0.4 is 0 Å². The highest BCUT2D eigenvalue weighted by atomic mass is 32.2. The third kappa shape index (κ3) is 3.76. The molecule has 5 heteroatoms. The van der Waals surface area contributed by atoms with E-state index < -0.39 is 5.97 Å². The lowest BCUT2D eigenvalue weighted by Gasteiger charge is -2.26. The van der Waals surface area contributed by atoms with Crippen LogP contribution in [0.5, 0.6) is 0 Å². The highest BCUT2D eigenvalue weighted by molar-refractivity contribution is 7.98. The molecule has 2 aromatic rings. The second-order valence-corrected chi connectivity index (χ2v) is 7.42. The number of allylic oxidation sites excluding steroid dienone is 1. The number of hydrogen-bond donors (Lipinski definition) is 0. The zero-order valence-electron chi connectivity index (χ0n) is 16.4. The number of nitrogens with zero attached hydrogens (tertiary/aromatic N) is 1. The van der Waals surface area contributed by atoms with Crippen molar-refractivity contribution in [2.24, 2.45) is 0 Å². The minimum absolute atomic E-state index is 0.191. The molecule has 1 aliphatic rings. The molecule has 0 bridgehead atoms. The molecule has 1 amide bonds. The number of methoxy groups -OCH3 is 1. The van der Waals surface area contributed by atoms with Crippen LogP contribution in [0.4, 0.5) is 0 Å². The van der Waals surface area contributed by atoms with E-state index in [4.69, 9.17) is 4.74 Å². The van der Waals surface area contributed by atoms with Gasteiger partial charge in [-0.3, -0.25) is 4.79 Å². The van der Waals surface area contributed by atoms with Gasteiger partial charge in [0.05, 0.1) is 24.3 Å². The lowest BCUT2D eigenvalue weighted by molar-refractivity contribution is -0.136. The number of esters is 1. The van der Waals surface area contributed by atoms with Crippen LogP contribution in [0.15, 0.2) is 76.3 Å². The fourth-order valence-electron chi connectivity index (χ4n) is 3.41. The first kappa shape index (κ1) is 20.0. The smallest absolute Gasteiger partial charge is 0.340 e. The van der Waals surface area contributed by atoms with E-state index >= 15 is 0 Å². The Morgan fingerprint density at radius 2 is 1.75 bits per heavy atom. The monoisotopic (exact) mass is 393 g/mol. The first-order valence-corrected chi connectivity index (χ1v) is 10.2. The Hall–Kier alpha value is -2.79. The van der Waals surface area contributed by atoms with Crippen molar-refractivity contribution in [1.82, 2.24) is 4.90 Å². The van der Waals surface area contributed by atoms with E-state index in [2.05, 4.69) is 0 Å². The Labute approximate surface area is 169 Å². The number of hydrogen-bond acceptors (Lipinski definition) is 4. The molecule has 4 nitrogen and oxygen atoms in total. The number of benzene rings is 2. The summed E-state index contributed by atoms with van der Waals surface area (Å²) in [6, 6.07) is 17.5. The molecule has 0 fully saturated rings. The van der Waals surface area contributed by atoms with Crippen molar-refractivity contribution >= 4 is 29.7 Å². The Kier molecular flexibility index (Phi) is 6.05. The summed E-state index contributed by atoms with van der Waals surface area (Å²) in [5.41, 5.74) is 3.17. The summed E-state index contributed by atoms with van der Waals surface area (Å²) in [6.45, 7) is 3.75. The second kappa shape index (κ2) is 8.48. The van der Waals surface area contributed by atoms with Gasteiger partial charge in [0.15, 0.2) is 0 Å². The zero-order valence-corrected chi connectivity index (χ0v) is 17.2. The highest BCUT2D eigenvalue weighted by Crippen LogP contribution is 2.37. The SMILES string of the molecule is COC(=O)C1=C(C)N([C@@H](C)c2ccccc2)C(=O)/C1=C\c1ccc(SC)cc1. The van der Waals surface area contributed by atoms with Crippen molar-refractivity contribution < 1.29 is 14.3 Å². The van der Waals surface area contributed by atoms with Gasteiger partial charge in [-0.15, -0.1) is 11.8 Å². The summed E-state index contributed by atoms with van der Waals surface area (Å²) in [7, 11) is 1.33. The predicted molar refractivity (Wildman–Crippen MR) is 113 cm³/mol. The van der Waals surface area contributed by atoms with Crippen molar-refractivity contribution in [2.75, 3.05) is 13.4 Å². The molecule has 0 radical (unpaired) electrons. The van der Waals surface area contributed by atoms with Crippen molar-refractivity contribution in [3.05, 3.63) is 82.6 Å². The first-order chi connectivity index (χ1) is 13.5. The van der Waals surface area contributed by atoms with Gasteiger partial charge in [-0.2, -0.15) is 0 Å². The molecule has 1 atom stereocenters. The predicted octanol–water partition coefficient (Wildman–Crippen LogP) is 4.84. The number of rotatable bonds is 5. The Bertz CT molecular complexity index is 946. The molecule has 1 aliphatic heterocycles. The molecule has 0 aromatic heterocycles. The number of thioether (sulfide) groups is 1. The van der Waals surface area contributed by atoms with Gasteiger partial charge in [-0.1, -0.05) is 42.5 Å². The van der Waals surface area contributed by atoms with E-state index in [1.54, 1.807) is 29.7 Å². The largest absolute Gasteiger partial charge is 0.465 e. The fraction of sp³-hybridized carbons (Fsp3) is 0.217. The molecule has 0 aliphatic carbocycles. The van der Waals surface area contributed by atoms with Gasteiger partial charge < -0.3 is 9.64 Å². The Balaban J connectivity index is 2.05. The number of amides is 1. The first-order valence-electron chi connectivity index (χ1n) is 9.01. The average Bonchev–Trinajstić information content (AvgIpc) is 2.97. The van der Waals surface area contributed by atoms with Crippen LogP contribution in [0.2, 0.25) is 0 Å². The maximum Gasteiger partial charge on any atom is 0.340 e. The van der Waals surface area contributed by atoms with Gasteiger partial charge in [0.2, 0.25) is 0 Å². The Morgan fingerprint density at radius 1 is 1.11 bits per heavy atom. The zero-order chi connectivity index (χ0) is 20.3. The van der Waals surface area contributed by atoms with E-state index in [0.29, 0.717) is 16.8 Å². The second-order valence-electron chi connectivity index (χ2n) is 6.54. The van der Waals surface area contributed by atoms with Crippen molar-refractivity contribution in [3.63, 3.8) is 0 Å². The van der Waals surface area contributed by atoms with Crippen LogP contribution in [0.25, 0.3) is 6.08 Å². The molecule has 0 spiro atoms. The molecular formula is C23H23NO3S. The van der Waals surface area contributed by atoms with Crippen molar-refractivity contribution in [2.45, 2.75) is 24.8 Å². The van der Waals surface area contributed by atoms with E-state index in [1.165, 1.54) is 7.11 Å². The summed E-state index contributed by atoms with van der Waals surface area (Å²) in [6.07, 6.45) is 3.78. The van der Waals surface area contributed by atoms with Gasteiger partial charge in [0, 0.05) is 10.6 Å². The lowest BCUT2D eigenvalue weighted by Crippen LogP contribution is -2.28. The van der Waals surface area contributed by atoms with E-state index in [1.807, 2.05) is 67.8 Å². The fourth-order valence-corrected chi connectivity index (χ4v) is 3.82. The van der Waals surface area contributed by atoms with E-state index in [-0.39, 0.29) is 11.9 Å². The molecule has 2 aromatic carbocycles. The molecule has 1 heterocycles. The third-order valence-electron chi connectivity index (χ3n) is 4.93. The summed E-state index contributed by atoms with van der Waals surface area (Å²) in [4.78, 5) is 28.6. The summed E-state index contributed by atoms with van der Waals surface area (Å²) >= 11 is 1.65. The van der Waals surface area contributed by atoms with Gasteiger partial charge in [-0.05, 0) is 49.4 Å². The van der Waals surface area contributed by atoms with Gasteiger partial charge in [0.1, 0.15) is 0 Å². The maximum absolute atomic E-state index is 13.3. The minimum atomic E-state index is -0.499. The van der Waals surface area contributed by atoms with Gasteiger partial charge in [0.25, 0.3) is 5.91 Å². The van der Waals surface area contributed by atoms with Crippen LogP contribution in [0, 0.1) is 0 Å². The van der Waals surface area contributed by atoms with Crippen molar-refractivity contribution in [3.8, 4) is 0 Å². The molecule has 3 rings (SSSR count). The van der Waals surface area contributed by atoms with Crippen LogP contribution in [-0.4, -0.2) is 30.1 Å². The maximum atomic E-state index is 13.3. The van der Waals surface area contributed by atoms with Crippen LogP contribution in [0.1, 0.15) is 31.0 Å². The van der Waals surface area contributed by atoms with E-state index in [9.17, 15) is 9.59 Å². The average molecular weight is 394 g/mol. The molecule has 0 unspecified atom stereocenters. The number of ether oxygens (including phenoxy) is 1. The lowest BCUT2D eigenvalue weighted by atomic mass is 10.0. The number of carbonyl (C=O) groups is 2. The topological polar surface area (TPSA) is 46.6 Å². The molecule has 0 saturated carbocycles. The summed E-state index contributed by atoms with van der Waals surface area (Å²) < 4.78 is 4.97. The molecule has 0 N–H and O–H groups in total. The molecule has 0 saturated heterocycles. The summed E-state index contributed by atoms with van der Waals surface area (Å²) in [5, 5.41) is 0. The van der Waals surface area contributed by atoms with Crippen LogP contribution >= 0.6 is 11.8 Å². The third-order valence-corrected chi connectivity index (χ3v) is 5.67. The van der Waals surface area contributed by atoms with Gasteiger partial charge >= 0.3 is 5.97 Å². The highest BCUT2D eigenvalue weighted by Gasteiger charge is 2.39. The van der Waals surface area contributed by atoms with Crippen LogP contribution in [0.3, 0.4) is 0 Å². The normalized spacial score (nSPS) is 16.6. The molecule has 144 valence electrons. The Morgan fingerprint density at radius 3 is 2.32 bits per heavy atom. The summed E-state index contributed by atoms with van der Waals surface area (Å²) in [5.74, 6) is -0.691.